The first-order chi connectivity index (χ1) is 10.2. The number of halogens is 1. The number of hydrogen-bond donors (Lipinski definition) is 1. The Kier molecular flexibility index (Phi) is 3.96. The number of alkyl halides is 1. The molecule has 3 nitrogen and oxygen atoms in total. The SMILES string of the molecule is CCOCN1C[C@@H](CCl)c2c1cc(O)c1cccc(C)c21. The zero-order valence-electron chi connectivity index (χ0n) is 12.4. The molecule has 1 atom stereocenters. The van der Waals surface area contributed by atoms with E-state index in [-0.39, 0.29) is 5.92 Å². The molecule has 1 aliphatic rings. The third-order valence-electron chi connectivity index (χ3n) is 4.19. The fourth-order valence-electron chi connectivity index (χ4n) is 3.23. The molecule has 112 valence electrons. The number of aromatic hydroxyl groups is 1. The second-order valence-electron chi connectivity index (χ2n) is 5.52. The monoisotopic (exact) mass is 305 g/mol. The van der Waals surface area contributed by atoms with Crippen LogP contribution in [0.4, 0.5) is 5.69 Å². The standard InChI is InChI=1S/C17H20ClNO2/c1-3-21-10-19-9-12(8-18)17-14(19)7-15(20)13-6-4-5-11(2)16(13)17/h4-7,12,20H,3,8-10H2,1-2H3/t12-/m1/s1. The third kappa shape index (κ3) is 2.34. The van der Waals surface area contributed by atoms with Crippen LogP contribution in [-0.2, 0) is 4.74 Å². The number of fused-ring (bicyclic) bond motifs is 3. The minimum absolute atomic E-state index is 0.270. The Morgan fingerprint density at radius 2 is 2.24 bits per heavy atom. The van der Waals surface area contributed by atoms with Gasteiger partial charge in [-0.3, -0.25) is 0 Å². The summed E-state index contributed by atoms with van der Waals surface area (Å²) < 4.78 is 5.55. The molecule has 0 aromatic heterocycles. The lowest BCUT2D eigenvalue weighted by Gasteiger charge is -2.20. The normalized spacial score (nSPS) is 17.5. The summed E-state index contributed by atoms with van der Waals surface area (Å²) in [6, 6.07) is 7.88. The maximum Gasteiger partial charge on any atom is 0.125 e. The van der Waals surface area contributed by atoms with Crippen molar-refractivity contribution in [3.05, 3.63) is 35.4 Å². The molecule has 2 aromatic carbocycles. The van der Waals surface area contributed by atoms with Gasteiger partial charge in [0.1, 0.15) is 12.5 Å². The third-order valence-corrected chi connectivity index (χ3v) is 4.57. The highest BCUT2D eigenvalue weighted by Gasteiger charge is 2.31. The van der Waals surface area contributed by atoms with Crippen LogP contribution in [-0.4, -0.2) is 30.9 Å². The molecule has 0 aliphatic carbocycles. The van der Waals surface area contributed by atoms with Gasteiger partial charge < -0.3 is 14.7 Å². The maximum atomic E-state index is 10.4. The summed E-state index contributed by atoms with van der Waals surface area (Å²) >= 11 is 6.20. The number of rotatable bonds is 4. The lowest BCUT2D eigenvalue weighted by atomic mass is 9.92. The van der Waals surface area contributed by atoms with Crippen LogP contribution in [0, 0.1) is 6.92 Å². The van der Waals surface area contributed by atoms with Gasteiger partial charge in [0.2, 0.25) is 0 Å². The van der Waals surface area contributed by atoms with Crippen molar-refractivity contribution in [2.45, 2.75) is 19.8 Å². The van der Waals surface area contributed by atoms with Crippen molar-refractivity contribution in [2.24, 2.45) is 0 Å². The summed E-state index contributed by atoms with van der Waals surface area (Å²) in [7, 11) is 0. The lowest BCUT2D eigenvalue weighted by Crippen LogP contribution is -2.25. The van der Waals surface area contributed by atoms with E-state index in [0.29, 0.717) is 25.0 Å². The Morgan fingerprint density at radius 1 is 1.43 bits per heavy atom. The van der Waals surface area contributed by atoms with E-state index in [1.807, 2.05) is 25.1 Å². The predicted octanol–water partition coefficient (Wildman–Crippen LogP) is 3.99. The summed E-state index contributed by atoms with van der Waals surface area (Å²) in [5.41, 5.74) is 3.47. The predicted molar refractivity (Wildman–Crippen MR) is 87.6 cm³/mol. The van der Waals surface area contributed by atoms with Gasteiger partial charge in [-0.2, -0.15) is 0 Å². The molecular weight excluding hydrogens is 286 g/mol. The molecule has 1 heterocycles. The van der Waals surface area contributed by atoms with E-state index < -0.39 is 0 Å². The smallest absolute Gasteiger partial charge is 0.125 e. The number of aryl methyl sites for hydroxylation is 1. The van der Waals surface area contributed by atoms with Crippen LogP contribution in [0.3, 0.4) is 0 Å². The second kappa shape index (κ2) is 5.74. The summed E-state index contributed by atoms with van der Waals surface area (Å²) in [4.78, 5) is 2.16. The molecule has 0 saturated carbocycles. The second-order valence-corrected chi connectivity index (χ2v) is 5.83. The minimum Gasteiger partial charge on any atom is -0.507 e. The quantitative estimate of drug-likeness (QED) is 0.867. The molecule has 0 amide bonds. The van der Waals surface area contributed by atoms with Gasteiger partial charge in [0.25, 0.3) is 0 Å². The molecule has 0 spiro atoms. The van der Waals surface area contributed by atoms with Crippen molar-refractivity contribution in [1.82, 2.24) is 0 Å². The van der Waals surface area contributed by atoms with Crippen molar-refractivity contribution in [2.75, 3.05) is 30.7 Å². The zero-order valence-corrected chi connectivity index (χ0v) is 13.2. The van der Waals surface area contributed by atoms with Crippen molar-refractivity contribution < 1.29 is 9.84 Å². The number of phenolic OH excluding ortho intramolecular Hbond substituents is 1. The highest BCUT2D eigenvalue weighted by molar-refractivity contribution is 6.18. The number of nitrogens with zero attached hydrogens (tertiary/aromatic N) is 1. The summed E-state index contributed by atoms with van der Waals surface area (Å²) in [6.07, 6.45) is 0. The lowest BCUT2D eigenvalue weighted by molar-refractivity contribution is 0.148. The number of phenols is 1. The molecular formula is C17H20ClNO2. The average molecular weight is 306 g/mol. The maximum absolute atomic E-state index is 10.4. The van der Waals surface area contributed by atoms with E-state index in [0.717, 1.165) is 23.0 Å². The van der Waals surface area contributed by atoms with Gasteiger partial charge in [-0.25, -0.2) is 0 Å². The van der Waals surface area contributed by atoms with Crippen molar-refractivity contribution >= 4 is 28.1 Å². The number of anilines is 1. The van der Waals surface area contributed by atoms with E-state index in [1.165, 1.54) is 11.1 Å². The topological polar surface area (TPSA) is 32.7 Å². The van der Waals surface area contributed by atoms with Crippen molar-refractivity contribution in [1.29, 1.82) is 0 Å². The Bertz CT molecular complexity index is 671. The number of hydrogen-bond acceptors (Lipinski definition) is 3. The van der Waals surface area contributed by atoms with Gasteiger partial charge in [0.05, 0.1) is 0 Å². The van der Waals surface area contributed by atoms with Crippen LogP contribution in [0.25, 0.3) is 10.8 Å². The Balaban J connectivity index is 2.22. The fraction of sp³-hybridized carbons (Fsp3) is 0.412. The molecule has 0 bridgehead atoms. The average Bonchev–Trinajstić information content (AvgIpc) is 2.83. The van der Waals surface area contributed by atoms with Crippen molar-refractivity contribution in [3.8, 4) is 5.75 Å². The Morgan fingerprint density at radius 3 is 2.95 bits per heavy atom. The van der Waals surface area contributed by atoms with Crippen LogP contribution < -0.4 is 4.90 Å². The van der Waals surface area contributed by atoms with Crippen LogP contribution >= 0.6 is 11.6 Å². The molecule has 0 fully saturated rings. The molecule has 21 heavy (non-hydrogen) atoms. The van der Waals surface area contributed by atoms with Gasteiger partial charge in [-0.05, 0) is 30.4 Å². The van der Waals surface area contributed by atoms with Gasteiger partial charge in [-0.1, -0.05) is 18.2 Å². The molecule has 0 saturated heterocycles. The summed E-state index contributed by atoms with van der Waals surface area (Å²) in [6.45, 7) is 6.12. The highest BCUT2D eigenvalue weighted by atomic mass is 35.5. The minimum atomic E-state index is 0.270. The van der Waals surface area contributed by atoms with E-state index in [9.17, 15) is 5.11 Å². The van der Waals surface area contributed by atoms with E-state index in [4.69, 9.17) is 16.3 Å². The van der Waals surface area contributed by atoms with E-state index in [1.54, 1.807) is 0 Å². The molecule has 1 N–H and O–H groups in total. The van der Waals surface area contributed by atoms with E-state index in [2.05, 4.69) is 17.9 Å². The van der Waals surface area contributed by atoms with Gasteiger partial charge >= 0.3 is 0 Å². The molecule has 3 rings (SSSR count). The van der Waals surface area contributed by atoms with E-state index >= 15 is 0 Å². The van der Waals surface area contributed by atoms with Crippen LogP contribution in [0.5, 0.6) is 5.75 Å². The Hall–Kier alpha value is -1.45. The fourth-order valence-corrected chi connectivity index (χ4v) is 3.48. The number of benzene rings is 2. The first kappa shape index (κ1) is 14.5. The summed E-state index contributed by atoms with van der Waals surface area (Å²) in [5.74, 6) is 1.17. The van der Waals surface area contributed by atoms with Gasteiger partial charge in [0.15, 0.2) is 0 Å². The zero-order chi connectivity index (χ0) is 15.0. The largest absolute Gasteiger partial charge is 0.507 e. The van der Waals surface area contributed by atoms with Crippen molar-refractivity contribution in [3.63, 3.8) is 0 Å². The molecule has 0 unspecified atom stereocenters. The highest BCUT2D eigenvalue weighted by Crippen LogP contribution is 2.45. The molecule has 4 heteroatoms. The number of ether oxygens (including phenoxy) is 1. The Labute approximate surface area is 130 Å². The van der Waals surface area contributed by atoms with Crippen LogP contribution in [0.15, 0.2) is 24.3 Å². The molecule has 0 radical (unpaired) electrons. The first-order valence-electron chi connectivity index (χ1n) is 7.31. The van der Waals surface area contributed by atoms with Crippen LogP contribution in [0.2, 0.25) is 0 Å². The first-order valence-corrected chi connectivity index (χ1v) is 7.84. The molecule has 1 aliphatic heterocycles. The van der Waals surface area contributed by atoms with Crippen LogP contribution in [0.1, 0.15) is 24.0 Å². The van der Waals surface area contributed by atoms with Gasteiger partial charge in [0, 0.05) is 42.1 Å². The van der Waals surface area contributed by atoms with Gasteiger partial charge in [-0.15, -0.1) is 11.6 Å². The summed E-state index contributed by atoms with van der Waals surface area (Å²) in [5, 5.41) is 12.4. The molecule has 2 aromatic rings.